The topological polar surface area (TPSA) is 155 Å². The van der Waals surface area contributed by atoms with E-state index in [-0.39, 0.29) is 37.6 Å². The SMILES string of the molecule is CCOC(=O)c1csc([C@@H]2C[C@@H](OS(C)(=O)=O)CN2C(=O)OCc2ccc([N+](=O)[O-])cc2)n1. The largest absolute Gasteiger partial charge is 0.461 e. The van der Waals surface area contributed by atoms with Crippen molar-refractivity contribution >= 4 is 39.2 Å². The third-order valence-corrected chi connectivity index (χ3v) is 6.18. The minimum absolute atomic E-state index is 0.0643. The molecule has 0 bridgehead atoms. The molecule has 1 fully saturated rings. The molecule has 178 valence electrons. The van der Waals surface area contributed by atoms with Crippen molar-refractivity contribution in [2.24, 2.45) is 0 Å². The number of thiazole rings is 1. The van der Waals surface area contributed by atoms with Gasteiger partial charge >= 0.3 is 12.1 Å². The van der Waals surface area contributed by atoms with E-state index in [1.165, 1.54) is 34.5 Å². The van der Waals surface area contributed by atoms with Gasteiger partial charge in [0.25, 0.3) is 15.8 Å². The maximum absolute atomic E-state index is 12.8. The maximum Gasteiger partial charge on any atom is 0.410 e. The number of benzene rings is 1. The second-order valence-corrected chi connectivity index (χ2v) is 9.59. The molecule has 0 spiro atoms. The van der Waals surface area contributed by atoms with E-state index in [1.54, 1.807) is 6.92 Å². The molecule has 1 saturated heterocycles. The molecule has 3 rings (SSSR count). The quantitative estimate of drug-likeness (QED) is 0.229. The van der Waals surface area contributed by atoms with Gasteiger partial charge in [0.1, 0.15) is 11.6 Å². The molecule has 1 amide bonds. The van der Waals surface area contributed by atoms with Gasteiger partial charge in [0, 0.05) is 23.9 Å². The molecule has 0 radical (unpaired) electrons. The monoisotopic (exact) mass is 499 g/mol. The van der Waals surface area contributed by atoms with Crippen molar-refractivity contribution in [3.8, 4) is 0 Å². The highest BCUT2D eigenvalue weighted by Crippen LogP contribution is 2.36. The van der Waals surface area contributed by atoms with Crippen molar-refractivity contribution in [1.82, 2.24) is 9.88 Å². The van der Waals surface area contributed by atoms with Gasteiger partial charge in [-0.15, -0.1) is 11.3 Å². The number of nitro benzene ring substituents is 1. The van der Waals surface area contributed by atoms with E-state index in [0.717, 1.165) is 17.6 Å². The third kappa shape index (κ3) is 6.46. The van der Waals surface area contributed by atoms with Crippen LogP contribution in [0.15, 0.2) is 29.6 Å². The van der Waals surface area contributed by atoms with E-state index in [1.807, 2.05) is 0 Å². The van der Waals surface area contributed by atoms with Gasteiger partial charge < -0.3 is 9.47 Å². The fraction of sp³-hybridized carbons (Fsp3) is 0.421. The average Bonchev–Trinajstić information content (AvgIpc) is 3.38. The molecule has 2 heterocycles. The predicted octanol–water partition coefficient (Wildman–Crippen LogP) is 2.66. The summed E-state index contributed by atoms with van der Waals surface area (Å²) in [6.45, 7) is 1.63. The molecule has 14 heteroatoms. The van der Waals surface area contributed by atoms with Crippen molar-refractivity contribution in [2.45, 2.75) is 32.1 Å². The minimum atomic E-state index is -3.77. The highest BCUT2D eigenvalue weighted by atomic mass is 32.2. The number of ether oxygens (including phenoxy) is 2. The van der Waals surface area contributed by atoms with Gasteiger partial charge in [0.2, 0.25) is 0 Å². The number of carbonyl (C=O) groups is 2. The summed E-state index contributed by atoms with van der Waals surface area (Å²) in [5.74, 6) is -0.603. The Hall–Kier alpha value is -3.10. The van der Waals surface area contributed by atoms with Crippen LogP contribution in [0.3, 0.4) is 0 Å². The standard InChI is InChI=1S/C19H21N3O9S2/c1-3-29-18(23)15-11-32-17(20-15)16-8-14(31-33(2,27)28)9-21(16)19(24)30-10-12-4-6-13(7-5-12)22(25)26/h4-7,11,14,16H,3,8-10H2,1-2H3/t14-,16+/m1/s1. The van der Waals surface area contributed by atoms with Crippen LogP contribution in [0.5, 0.6) is 0 Å². The Kier molecular flexibility index (Phi) is 7.61. The number of esters is 1. The van der Waals surface area contributed by atoms with Gasteiger partial charge in [0.05, 0.1) is 36.5 Å². The van der Waals surface area contributed by atoms with Crippen molar-refractivity contribution in [3.63, 3.8) is 0 Å². The Morgan fingerprint density at radius 1 is 1.27 bits per heavy atom. The van der Waals surface area contributed by atoms with Crippen molar-refractivity contribution < 1.29 is 36.6 Å². The van der Waals surface area contributed by atoms with E-state index < -0.39 is 39.2 Å². The Bertz CT molecular complexity index is 1130. The Morgan fingerprint density at radius 3 is 2.58 bits per heavy atom. The first-order valence-electron chi connectivity index (χ1n) is 9.75. The number of amides is 1. The van der Waals surface area contributed by atoms with Crippen LogP contribution >= 0.6 is 11.3 Å². The minimum Gasteiger partial charge on any atom is -0.461 e. The summed E-state index contributed by atoms with van der Waals surface area (Å²) in [6, 6.07) is 4.85. The molecule has 1 aromatic heterocycles. The van der Waals surface area contributed by atoms with Crippen molar-refractivity contribution in [1.29, 1.82) is 0 Å². The van der Waals surface area contributed by atoms with Crippen LogP contribution in [-0.2, 0) is 30.4 Å². The van der Waals surface area contributed by atoms with Crippen molar-refractivity contribution in [3.05, 3.63) is 56.0 Å². The highest BCUT2D eigenvalue weighted by Gasteiger charge is 2.41. The Balaban J connectivity index is 1.74. The third-order valence-electron chi connectivity index (χ3n) is 4.61. The molecule has 1 aliphatic heterocycles. The van der Waals surface area contributed by atoms with E-state index in [4.69, 9.17) is 13.7 Å². The lowest BCUT2D eigenvalue weighted by Gasteiger charge is -2.22. The molecule has 1 aliphatic rings. The highest BCUT2D eigenvalue weighted by molar-refractivity contribution is 7.86. The second-order valence-electron chi connectivity index (χ2n) is 7.10. The molecule has 2 aromatic rings. The molecular weight excluding hydrogens is 478 g/mol. The van der Waals surface area contributed by atoms with Gasteiger partial charge in [-0.1, -0.05) is 0 Å². The van der Waals surface area contributed by atoms with Crippen LogP contribution < -0.4 is 0 Å². The number of likely N-dealkylation sites (tertiary alicyclic amines) is 1. The molecule has 2 atom stereocenters. The van der Waals surface area contributed by atoms with Gasteiger partial charge in [0.15, 0.2) is 5.69 Å². The fourth-order valence-corrected chi connectivity index (χ4v) is 4.78. The number of hydrogen-bond acceptors (Lipinski definition) is 11. The van der Waals surface area contributed by atoms with E-state index in [2.05, 4.69) is 4.98 Å². The summed E-state index contributed by atoms with van der Waals surface area (Å²) in [6.07, 6.45) is -0.507. The zero-order chi connectivity index (χ0) is 24.2. The summed E-state index contributed by atoms with van der Waals surface area (Å²) in [5, 5.41) is 12.7. The number of hydrogen-bond donors (Lipinski definition) is 0. The van der Waals surface area contributed by atoms with Gasteiger partial charge in [-0.25, -0.2) is 14.6 Å². The van der Waals surface area contributed by atoms with Crippen LogP contribution in [0.2, 0.25) is 0 Å². The predicted molar refractivity (Wildman–Crippen MR) is 115 cm³/mol. The first-order chi connectivity index (χ1) is 15.6. The lowest BCUT2D eigenvalue weighted by Crippen LogP contribution is -2.33. The van der Waals surface area contributed by atoms with E-state index in [9.17, 15) is 28.1 Å². The average molecular weight is 500 g/mol. The Labute approximate surface area is 193 Å². The van der Waals surface area contributed by atoms with Crippen LogP contribution in [0.1, 0.15) is 40.4 Å². The summed E-state index contributed by atoms with van der Waals surface area (Å²) < 4.78 is 38.5. The molecule has 12 nitrogen and oxygen atoms in total. The van der Waals surface area contributed by atoms with E-state index >= 15 is 0 Å². The van der Waals surface area contributed by atoms with Gasteiger partial charge in [-0.05, 0) is 24.6 Å². The van der Waals surface area contributed by atoms with Crippen LogP contribution in [0.4, 0.5) is 10.5 Å². The number of carbonyl (C=O) groups excluding carboxylic acids is 2. The number of aromatic nitrogens is 1. The lowest BCUT2D eigenvalue weighted by atomic mass is 10.2. The molecule has 33 heavy (non-hydrogen) atoms. The van der Waals surface area contributed by atoms with Crippen molar-refractivity contribution in [2.75, 3.05) is 19.4 Å². The number of non-ortho nitro benzene ring substituents is 1. The number of rotatable bonds is 8. The lowest BCUT2D eigenvalue weighted by molar-refractivity contribution is -0.384. The van der Waals surface area contributed by atoms with Gasteiger partial charge in [-0.2, -0.15) is 8.42 Å². The normalized spacial score (nSPS) is 18.2. The smallest absolute Gasteiger partial charge is 0.410 e. The molecule has 0 saturated carbocycles. The molecular formula is C19H21N3O9S2. The molecule has 0 unspecified atom stereocenters. The zero-order valence-electron chi connectivity index (χ0n) is 17.7. The van der Waals surface area contributed by atoms with Crippen LogP contribution in [-0.4, -0.2) is 60.8 Å². The van der Waals surface area contributed by atoms with Gasteiger partial charge in [-0.3, -0.25) is 19.2 Å². The molecule has 0 N–H and O–H groups in total. The number of nitro groups is 1. The molecule has 0 aliphatic carbocycles. The first kappa shape index (κ1) is 24.5. The summed E-state index contributed by atoms with van der Waals surface area (Å²) >= 11 is 1.13. The summed E-state index contributed by atoms with van der Waals surface area (Å²) in [7, 11) is -3.77. The maximum atomic E-state index is 12.8. The van der Waals surface area contributed by atoms with E-state index in [0.29, 0.717) is 10.6 Å². The first-order valence-corrected chi connectivity index (χ1v) is 12.4. The number of nitrogens with zero attached hydrogens (tertiary/aromatic N) is 3. The zero-order valence-corrected chi connectivity index (χ0v) is 19.3. The summed E-state index contributed by atoms with van der Waals surface area (Å²) in [4.78, 5) is 40.5. The fourth-order valence-electron chi connectivity index (χ4n) is 3.23. The summed E-state index contributed by atoms with van der Waals surface area (Å²) in [5.41, 5.74) is 0.530. The second kappa shape index (κ2) is 10.2. The Morgan fingerprint density at radius 2 is 1.97 bits per heavy atom. The van der Waals surface area contributed by atoms with Crippen LogP contribution in [0.25, 0.3) is 0 Å². The van der Waals surface area contributed by atoms with Crippen LogP contribution in [0, 0.1) is 10.1 Å². The molecule has 1 aromatic carbocycles.